The Balaban J connectivity index is 1.42. The maximum atomic E-state index is 13.8. The number of thiazole rings is 1. The van der Waals surface area contributed by atoms with E-state index in [1.807, 2.05) is 57.5 Å². The number of nitrogens with zero attached hydrogens (tertiary/aromatic N) is 2. The van der Waals surface area contributed by atoms with E-state index < -0.39 is 29.5 Å². The number of aromatic nitrogens is 1. The zero-order chi connectivity index (χ0) is 34.2. The highest BCUT2D eigenvalue weighted by atomic mass is 32.1. The van der Waals surface area contributed by atoms with Crippen LogP contribution in [0.25, 0.3) is 10.4 Å². The molecule has 3 atom stereocenters. The maximum absolute atomic E-state index is 13.8. The molecule has 0 spiro atoms. The van der Waals surface area contributed by atoms with Crippen LogP contribution in [0.4, 0.5) is 0 Å². The Morgan fingerprint density at radius 3 is 2.13 bits per heavy atom. The molecule has 0 bridgehead atoms. The van der Waals surface area contributed by atoms with E-state index in [0.29, 0.717) is 39.6 Å². The minimum atomic E-state index is -0.907. The molecule has 0 unspecified atom stereocenters. The molecule has 13 nitrogen and oxygen atoms in total. The van der Waals surface area contributed by atoms with Crippen LogP contribution in [0.5, 0.6) is 0 Å². The molecule has 0 aliphatic carbocycles. The van der Waals surface area contributed by atoms with Gasteiger partial charge in [-0.1, -0.05) is 45.0 Å². The number of ether oxygens (including phenoxy) is 4. The van der Waals surface area contributed by atoms with Gasteiger partial charge in [-0.25, -0.2) is 4.98 Å². The highest BCUT2D eigenvalue weighted by Crippen LogP contribution is 2.28. The highest BCUT2D eigenvalue weighted by Gasteiger charge is 2.44. The first-order chi connectivity index (χ1) is 22.5. The summed E-state index contributed by atoms with van der Waals surface area (Å²) in [6.07, 6.45) is -0.682. The lowest BCUT2D eigenvalue weighted by molar-refractivity contribution is -0.144. The van der Waals surface area contributed by atoms with E-state index in [2.05, 4.69) is 15.6 Å². The molecule has 14 heteroatoms. The van der Waals surface area contributed by atoms with E-state index in [9.17, 15) is 19.5 Å². The molecule has 1 aliphatic rings. The second-order valence-electron chi connectivity index (χ2n) is 12.4. The van der Waals surface area contributed by atoms with E-state index in [-0.39, 0.29) is 57.6 Å². The third-order valence-electron chi connectivity index (χ3n) is 7.54. The molecule has 2 heterocycles. The summed E-state index contributed by atoms with van der Waals surface area (Å²) in [4.78, 5) is 46.6. The fourth-order valence-corrected chi connectivity index (χ4v) is 5.82. The molecule has 4 N–H and O–H groups in total. The second-order valence-corrected chi connectivity index (χ2v) is 13.2. The minimum Gasteiger partial charge on any atom is -0.394 e. The number of nitrogens with one attached hydrogen (secondary N) is 2. The molecule has 262 valence electrons. The van der Waals surface area contributed by atoms with Crippen molar-refractivity contribution in [3.05, 3.63) is 41.0 Å². The van der Waals surface area contributed by atoms with Crippen molar-refractivity contribution >= 4 is 29.1 Å². The van der Waals surface area contributed by atoms with E-state index in [1.54, 1.807) is 11.3 Å². The summed E-state index contributed by atoms with van der Waals surface area (Å²) in [5.74, 6) is -1.12. The van der Waals surface area contributed by atoms with Crippen LogP contribution < -0.4 is 10.6 Å². The lowest BCUT2D eigenvalue weighted by Crippen LogP contribution is -2.57. The van der Waals surface area contributed by atoms with Gasteiger partial charge in [0.2, 0.25) is 17.7 Å². The molecule has 0 radical (unpaired) electrons. The van der Waals surface area contributed by atoms with Crippen LogP contribution in [0.3, 0.4) is 0 Å². The van der Waals surface area contributed by atoms with E-state index >= 15 is 0 Å². The smallest absolute Gasteiger partial charge is 0.246 e. The van der Waals surface area contributed by atoms with Crippen LogP contribution >= 0.6 is 11.3 Å². The van der Waals surface area contributed by atoms with E-state index in [0.717, 1.165) is 21.7 Å². The average Bonchev–Trinajstić information content (AvgIpc) is 3.65. The molecule has 1 saturated heterocycles. The number of aryl methyl sites for hydroxylation is 1. The van der Waals surface area contributed by atoms with Crippen LogP contribution in [-0.4, -0.2) is 122 Å². The molecule has 3 rings (SSSR count). The van der Waals surface area contributed by atoms with E-state index in [1.165, 1.54) is 4.90 Å². The van der Waals surface area contributed by atoms with Crippen molar-refractivity contribution in [2.45, 2.75) is 65.3 Å². The summed E-state index contributed by atoms with van der Waals surface area (Å²) in [7, 11) is 0. The van der Waals surface area contributed by atoms with Crippen molar-refractivity contribution in [2.24, 2.45) is 5.41 Å². The van der Waals surface area contributed by atoms with Gasteiger partial charge in [-0.3, -0.25) is 14.4 Å². The Kier molecular flexibility index (Phi) is 16.2. The summed E-state index contributed by atoms with van der Waals surface area (Å²) in [6.45, 7) is 10.5. The lowest BCUT2D eigenvalue weighted by atomic mass is 9.85. The summed E-state index contributed by atoms with van der Waals surface area (Å²) >= 11 is 1.58. The molecule has 3 amide bonds. The summed E-state index contributed by atoms with van der Waals surface area (Å²) in [5.41, 5.74) is 4.09. The normalized spacial score (nSPS) is 17.1. The van der Waals surface area contributed by atoms with Gasteiger partial charge in [0.25, 0.3) is 0 Å². The van der Waals surface area contributed by atoms with Crippen molar-refractivity contribution < 1.29 is 43.5 Å². The van der Waals surface area contributed by atoms with Crippen LogP contribution in [-0.2, 0) is 39.9 Å². The first-order valence-corrected chi connectivity index (χ1v) is 16.9. The van der Waals surface area contributed by atoms with Crippen molar-refractivity contribution in [3.63, 3.8) is 0 Å². The molecule has 1 fully saturated rings. The molecule has 1 aromatic heterocycles. The van der Waals surface area contributed by atoms with Gasteiger partial charge in [0.1, 0.15) is 12.1 Å². The molecule has 2 aromatic rings. The average molecular weight is 679 g/mol. The number of likely N-dealkylation sites (tertiary alicyclic amines) is 1. The third-order valence-corrected chi connectivity index (χ3v) is 8.51. The molecule has 1 aliphatic heterocycles. The van der Waals surface area contributed by atoms with Gasteiger partial charge >= 0.3 is 0 Å². The SMILES string of the molecule is Cc1ncsc1-c1ccc(CNC(=O)[C@@H]2C[C@@H](O)CN2C(=O)[C@@H](NC(=O)CCOCCOCCOCCOCCO)C(C)(C)C)cc1. The number of hydrogen-bond donors (Lipinski definition) is 4. The number of rotatable bonds is 20. The first kappa shape index (κ1) is 38.5. The zero-order valence-corrected chi connectivity index (χ0v) is 28.7. The maximum Gasteiger partial charge on any atom is 0.246 e. The van der Waals surface area contributed by atoms with Crippen molar-refractivity contribution in [3.8, 4) is 10.4 Å². The van der Waals surface area contributed by atoms with Gasteiger partial charge < -0.3 is 44.7 Å². The van der Waals surface area contributed by atoms with Gasteiger partial charge in [-0.05, 0) is 23.5 Å². The van der Waals surface area contributed by atoms with Crippen molar-refractivity contribution in [1.82, 2.24) is 20.5 Å². The number of carbonyl (C=O) groups excluding carboxylic acids is 3. The van der Waals surface area contributed by atoms with Gasteiger partial charge in [-0.2, -0.15) is 0 Å². The fraction of sp³-hybridized carbons (Fsp3) is 0.636. The predicted octanol–water partition coefficient (Wildman–Crippen LogP) is 1.68. The fourth-order valence-electron chi connectivity index (χ4n) is 5.00. The van der Waals surface area contributed by atoms with Gasteiger partial charge in [0.15, 0.2) is 0 Å². The topological polar surface area (TPSA) is 169 Å². The van der Waals surface area contributed by atoms with Crippen LogP contribution in [0.2, 0.25) is 0 Å². The second kappa shape index (κ2) is 19.7. The number of β-amino-alcohol motifs (C(OH)–C–C–N with tert-alkyl or cyclic N) is 1. The summed E-state index contributed by atoms with van der Waals surface area (Å²) in [5, 5.41) is 24.8. The van der Waals surface area contributed by atoms with E-state index in [4.69, 9.17) is 24.1 Å². The predicted molar refractivity (Wildman–Crippen MR) is 177 cm³/mol. The van der Waals surface area contributed by atoms with Crippen molar-refractivity contribution in [2.75, 3.05) is 66.0 Å². The Bertz CT molecular complexity index is 1250. The van der Waals surface area contributed by atoms with Crippen LogP contribution in [0.15, 0.2) is 29.8 Å². The Labute approximate surface area is 280 Å². The number of carbonyl (C=O) groups is 3. The monoisotopic (exact) mass is 678 g/mol. The molecule has 47 heavy (non-hydrogen) atoms. The third kappa shape index (κ3) is 12.9. The van der Waals surface area contributed by atoms with Gasteiger partial charge in [0.05, 0.1) is 81.6 Å². The number of amides is 3. The number of hydrogen-bond acceptors (Lipinski definition) is 11. The Hall–Kier alpha value is -2.98. The number of benzene rings is 1. The molecular formula is C33H50N4O9S. The Morgan fingerprint density at radius 2 is 1.57 bits per heavy atom. The molecular weight excluding hydrogens is 628 g/mol. The largest absolute Gasteiger partial charge is 0.394 e. The molecule has 1 aromatic carbocycles. The first-order valence-electron chi connectivity index (χ1n) is 16.0. The zero-order valence-electron chi connectivity index (χ0n) is 27.9. The van der Waals surface area contributed by atoms with Gasteiger partial charge in [0, 0.05) is 25.9 Å². The summed E-state index contributed by atoms with van der Waals surface area (Å²) < 4.78 is 21.4. The van der Waals surface area contributed by atoms with Gasteiger partial charge in [-0.15, -0.1) is 11.3 Å². The highest BCUT2D eigenvalue weighted by molar-refractivity contribution is 7.13. The quantitative estimate of drug-likeness (QED) is 0.151. The number of aliphatic hydroxyl groups excluding tert-OH is 2. The van der Waals surface area contributed by atoms with Crippen LogP contribution in [0, 0.1) is 12.3 Å². The lowest BCUT2D eigenvalue weighted by Gasteiger charge is -2.35. The van der Waals surface area contributed by atoms with Crippen molar-refractivity contribution in [1.29, 1.82) is 0 Å². The molecule has 0 saturated carbocycles. The minimum absolute atomic E-state index is 0.00785. The Morgan fingerprint density at radius 1 is 0.979 bits per heavy atom. The number of aliphatic hydroxyl groups is 2. The standard InChI is InChI=1S/C33H50N4O9S/c1-23-29(47-22-35-23)25-7-5-24(6-8-25)20-34-31(41)27-19-26(39)21-37(27)32(42)30(33(2,3)4)36-28(40)9-11-43-13-15-45-17-18-46-16-14-44-12-10-38/h5-8,22,26-27,30,38-39H,9-21H2,1-4H3,(H,34,41)(H,36,40)/t26-,27+,30-/m1/s1. The van der Waals surface area contributed by atoms with Crippen LogP contribution in [0.1, 0.15) is 44.9 Å². The summed E-state index contributed by atoms with van der Waals surface area (Å²) in [6, 6.07) is 6.11.